The minimum atomic E-state index is -0.404. The van der Waals surface area contributed by atoms with E-state index in [-0.39, 0.29) is 11.7 Å². The summed E-state index contributed by atoms with van der Waals surface area (Å²) in [4.78, 5) is 17.6. The van der Waals surface area contributed by atoms with E-state index in [4.69, 9.17) is 0 Å². The first kappa shape index (κ1) is 17.2. The maximum absolute atomic E-state index is 13.0. The van der Waals surface area contributed by atoms with E-state index in [1.165, 1.54) is 5.56 Å². The molecule has 2 unspecified atom stereocenters. The van der Waals surface area contributed by atoms with Crippen LogP contribution in [0, 0.1) is 31.1 Å². The van der Waals surface area contributed by atoms with Crippen LogP contribution in [-0.4, -0.2) is 29.2 Å². The second-order valence-corrected chi connectivity index (χ2v) is 6.94. The minimum Gasteiger partial charge on any atom is -0.287 e. The predicted octanol–water partition coefficient (Wildman–Crippen LogP) is 3.27. The number of carbonyl (C=O) groups is 1. The molecule has 2 aliphatic rings. The van der Waals surface area contributed by atoms with Gasteiger partial charge >= 0.3 is 0 Å². The third kappa shape index (κ3) is 3.05. The first-order valence-electron chi connectivity index (χ1n) is 8.97. The van der Waals surface area contributed by atoms with Gasteiger partial charge in [0.15, 0.2) is 6.17 Å². The first-order valence-corrected chi connectivity index (χ1v) is 8.97. The fourth-order valence-corrected chi connectivity index (χ4v) is 3.61. The number of hydrazine groups is 1. The summed E-state index contributed by atoms with van der Waals surface area (Å²) in [6.07, 6.45) is 1.43. The van der Waals surface area contributed by atoms with Crippen molar-refractivity contribution < 1.29 is 4.79 Å². The Labute approximate surface area is 158 Å². The van der Waals surface area contributed by atoms with Gasteiger partial charge in [-0.3, -0.25) is 14.8 Å². The predicted molar refractivity (Wildman–Crippen MR) is 105 cm³/mol. The van der Waals surface area contributed by atoms with Crippen LogP contribution in [0.25, 0.3) is 5.70 Å². The lowest BCUT2D eigenvalue weighted by Gasteiger charge is -2.31. The van der Waals surface area contributed by atoms with Gasteiger partial charge in [-0.2, -0.15) is 5.26 Å². The smallest absolute Gasteiger partial charge is 0.211 e. The normalized spacial score (nSPS) is 21.1. The van der Waals surface area contributed by atoms with Crippen molar-refractivity contribution >= 4 is 17.2 Å². The van der Waals surface area contributed by atoms with E-state index in [1.54, 1.807) is 12.1 Å². The molecule has 134 valence electrons. The summed E-state index contributed by atoms with van der Waals surface area (Å²) in [5.41, 5.74) is 8.48. The maximum atomic E-state index is 13.0. The number of hydrogen-bond donors (Lipinski definition) is 1. The molecule has 0 spiro atoms. The van der Waals surface area contributed by atoms with Crippen molar-refractivity contribution in [3.63, 3.8) is 0 Å². The molecule has 1 N–H and O–H groups in total. The molecule has 0 bridgehead atoms. The number of benzene rings is 2. The van der Waals surface area contributed by atoms with Crippen LogP contribution in [-0.2, 0) is 0 Å². The molecule has 0 aliphatic carbocycles. The minimum absolute atomic E-state index is 0.124. The monoisotopic (exact) mass is 356 g/mol. The van der Waals surface area contributed by atoms with Crippen molar-refractivity contribution in [3.05, 3.63) is 76.9 Å². The molecule has 2 aliphatic heterocycles. The largest absolute Gasteiger partial charge is 0.287 e. The quantitative estimate of drug-likeness (QED) is 0.857. The molecule has 2 heterocycles. The SMILES string of the molecule is Cc1ccc(C2=CC(C(=O)c3ccccc3)=NC3C(C#N)CNN23)c(C)c1. The Hall–Kier alpha value is -3.23. The Morgan fingerprint density at radius 1 is 1.22 bits per heavy atom. The molecule has 0 radical (unpaired) electrons. The van der Waals surface area contributed by atoms with Gasteiger partial charge in [0.05, 0.1) is 11.8 Å². The van der Waals surface area contributed by atoms with Crippen LogP contribution in [0.4, 0.5) is 0 Å². The van der Waals surface area contributed by atoms with Crippen molar-refractivity contribution in [2.45, 2.75) is 20.0 Å². The third-order valence-corrected chi connectivity index (χ3v) is 5.00. The lowest BCUT2D eigenvalue weighted by Crippen LogP contribution is -2.40. The van der Waals surface area contributed by atoms with E-state index in [0.717, 1.165) is 16.8 Å². The van der Waals surface area contributed by atoms with Crippen LogP contribution in [0.3, 0.4) is 0 Å². The van der Waals surface area contributed by atoms with E-state index in [2.05, 4.69) is 48.5 Å². The van der Waals surface area contributed by atoms with Gasteiger partial charge in [-0.05, 0) is 25.5 Å². The molecule has 2 aromatic carbocycles. The van der Waals surface area contributed by atoms with E-state index >= 15 is 0 Å². The molecule has 5 heteroatoms. The number of nitrogens with zero attached hydrogens (tertiary/aromatic N) is 3. The fourth-order valence-electron chi connectivity index (χ4n) is 3.61. The average molecular weight is 356 g/mol. The Morgan fingerprint density at radius 2 is 2.00 bits per heavy atom. The summed E-state index contributed by atoms with van der Waals surface area (Å²) in [6, 6.07) is 17.7. The number of allylic oxidation sites excluding steroid dienone is 1. The zero-order valence-corrected chi connectivity index (χ0v) is 15.3. The summed E-state index contributed by atoms with van der Waals surface area (Å²) >= 11 is 0. The lowest BCUT2D eigenvalue weighted by molar-refractivity contribution is 0.106. The number of hydrogen-bond acceptors (Lipinski definition) is 5. The Balaban J connectivity index is 1.82. The van der Waals surface area contributed by atoms with Crippen molar-refractivity contribution in [2.75, 3.05) is 6.54 Å². The van der Waals surface area contributed by atoms with E-state index in [9.17, 15) is 10.1 Å². The second kappa shape index (κ2) is 6.82. The maximum Gasteiger partial charge on any atom is 0.211 e. The van der Waals surface area contributed by atoms with Crippen molar-refractivity contribution in [2.24, 2.45) is 10.9 Å². The summed E-state index contributed by atoms with van der Waals surface area (Å²) in [7, 11) is 0. The van der Waals surface area contributed by atoms with Gasteiger partial charge in [0, 0.05) is 17.7 Å². The van der Waals surface area contributed by atoms with Gasteiger partial charge in [-0.15, -0.1) is 0 Å². The first-order chi connectivity index (χ1) is 13.1. The molecule has 0 aromatic heterocycles. The van der Waals surface area contributed by atoms with Crippen LogP contribution in [0.2, 0.25) is 0 Å². The van der Waals surface area contributed by atoms with Crippen LogP contribution in [0.1, 0.15) is 27.0 Å². The Kier molecular flexibility index (Phi) is 4.35. The molecule has 1 saturated heterocycles. The highest BCUT2D eigenvalue weighted by atomic mass is 16.1. The molecule has 2 atom stereocenters. The molecule has 27 heavy (non-hydrogen) atoms. The third-order valence-electron chi connectivity index (χ3n) is 5.00. The van der Waals surface area contributed by atoms with Gasteiger partial charge in [-0.1, -0.05) is 54.1 Å². The van der Waals surface area contributed by atoms with E-state index in [0.29, 0.717) is 17.8 Å². The average Bonchev–Trinajstić information content (AvgIpc) is 3.10. The van der Waals surface area contributed by atoms with Gasteiger partial charge in [0.1, 0.15) is 11.6 Å². The molecular formula is C22H20N4O. The number of fused-ring (bicyclic) bond motifs is 1. The van der Waals surface area contributed by atoms with Gasteiger partial charge < -0.3 is 0 Å². The van der Waals surface area contributed by atoms with Crippen LogP contribution < -0.4 is 5.43 Å². The molecule has 2 aromatic rings. The number of nitrogens with one attached hydrogen (secondary N) is 1. The zero-order valence-electron chi connectivity index (χ0n) is 15.3. The molecule has 5 nitrogen and oxygen atoms in total. The zero-order chi connectivity index (χ0) is 19.0. The molecule has 1 fully saturated rings. The second-order valence-electron chi connectivity index (χ2n) is 6.94. The van der Waals surface area contributed by atoms with Crippen molar-refractivity contribution in [1.29, 1.82) is 5.26 Å². The fraction of sp³-hybridized carbons (Fsp3) is 0.227. The summed E-state index contributed by atoms with van der Waals surface area (Å²) in [5.74, 6) is -0.431. The number of nitriles is 1. The number of aryl methyl sites for hydroxylation is 2. The standard InChI is InChI=1S/C22H20N4O/c1-14-8-9-18(15(2)10-14)20-11-19(21(27)16-6-4-3-5-7-16)25-22-17(12-23)13-24-26(20)22/h3-11,17,22,24H,13H2,1-2H3. The van der Waals surface area contributed by atoms with Gasteiger partial charge in [-0.25, -0.2) is 5.43 Å². The summed E-state index contributed by atoms with van der Waals surface area (Å²) < 4.78 is 0. The van der Waals surface area contributed by atoms with Crippen molar-refractivity contribution in [3.8, 4) is 6.07 Å². The van der Waals surface area contributed by atoms with Gasteiger partial charge in [0.25, 0.3) is 0 Å². The number of ketones is 1. The molecule has 4 rings (SSSR count). The highest BCUT2D eigenvalue weighted by molar-refractivity contribution is 6.50. The highest BCUT2D eigenvalue weighted by Gasteiger charge is 2.39. The number of aliphatic imine (C=N–C) groups is 1. The summed E-state index contributed by atoms with van der Waals surface area (Å²) in [5, 5.41) is 11.4. The Bertz CT molecular complexity index is 1000. The Morgan fingerprint density at radius 3 is 2.70 bits per heavy atom. The van der Waals surface area contributed by atoms with Gasteiger partial charge in [0.2, 0.25) is 5.78 Å². The molecule has 0 saturated carbocycles. The molecule has 0 amide bonds. The highest BCUT2D eigenvalue weighted by Crippen LogP contribution is 2.33. The van der Waals surface area contributed by atoms with Crippen LogP contribution in [0.5, 0.6) is 0 Å². The summed E-state index contributed by atoms with van der Waals surface area (Å²) in [6.45, 7) is 4.63. The van der Waals surface area contributed by atoms with Crippen LogP contribution in [0.15, 0.2) is 59.6 Å². The van der Waals surface area contributed by atoms with E-state index in [1.807, 2.05) is 29.3 Å². The van der Waals surface area contributed by atoms with E-state index < -0.39 is 6.17 Å². The molecular weight excluding hydrogens is 336 g/mol. The number of rotatable bonds is 3. The van der Waals surface area contributed by atoms with Crippen LogP contribution >= 0.6 is 0 Å². The lowest BCUT2D eigenvalue weighted by atomic mass is 9.97. The number of Topliss-reactive ketones (excluding diaryl/α,β-unsaturated/α-hetero) is 1. The topological polar surface area (TPSA) is 68.5 Å². The van der Waals surface area contributed by atoms with Crippen molar-refractivity contribution in [1.82, 2.24) is 10.4 Å². The number of carbonyl (C=O) groups excluding carboxylic acids is 1.